The second kappa shape index (κ2) is 27.2. The van der Waals surface area contributed by atoms with Gasteiger partial charge in [-0.25, -0.2) is 8.78 Å². The fraction of sp³-hybridized carbons (Fsp3) is 0.600. The van der Waals surface area contributed by atoms with Crippen LogP contribution in [0.25, 0.3) is 0 Å². The molecule has 10 atom stereocenters. The van der Waals surface area contributed by atoms with Crippen molar-refractivity contribution < 1.29 is 66.0 Å². The van der Waals surface area contributed by atoms with Crippen molar-refractivity contribution in [1.29, 1.82) is 0 Å². The van der Waals surface area contributed by atoms with Gasteiger partial charge in [0.25, 0.3) is 0 Å². The lowest BCUT2D eigenvalue weighted by Crippen LogP contribution is -2.47. The molecule has 0 spiro atoms. The van der Waals surface area contributed by atoms with Gasteiger partial charge in [0.15, 0.2) is 23.2 Å². The van der Waals surface area contributed by atoms with Crippen molar-refractivity contribution >= 4 is 54.8 Å². The Bertz CT molecular complexity index is 2460. The summed E-state index contributed by atoms with van der Waals surface area (Å²) in [6.45, 7) is 10.6. The highest BCUT2D eigenvalue weighted by atomic mass is 28.3. The predicted octanol–water partition coefficient (Wildman–Crippen LogP) is 7.95. The van der Waals surface area contributed by atoms with E-state index in [4.69, 9.17) is 28.4 Å². The molecule has 79 heavy (non-hydrogen) atoms. The number of rotatable bonds is 24. The molecule has 3 aromatic carbocycles. The number of amides is 2. The molecule has 4 fully saturated rings. The maximum Gasteiger partial charge on any atom is 0.306 e. The highest BCUT2D eigenvalue weighted by Crippen LogP contribution is 2.48. The minimum Gasteiger partial charge on any atom is -0.469 e. The number of hydrogen-bond acceptors (Lipinski definition) is 14. The number of benzene rings is 3. The average Bonchev–Trinajstić information content (AvgIpc) is 4.28. The second-order valence-corrected chi connectivity index (χ2v) is 28.3. The molecule has 3 aromatic rings. The van der Waals surface area contributed by atoms with Crippen LogP contribution in [0, 0.1) is 35.3 Å². The molecule has 19 heteroatoms. The highest BCUT2D eigenvalue weighted by molar-refractivity contribution is 6.77. The van der Waals surface area contributed by atoms with Gasteiger partial charge in [0.2, 0.25) is 11.8 Å². The van der Waals surface area contributed by atoms with E-state index >= 15 is 8.78 Å². The lowest BCUT2D eigenvalue weighted by Gasteiger charge is -2.38. The Labute approximate surface area is 465 Å². The van der Waals surface area contributed by atoms with Crippen molar-refractivity contribution in [3.63, 3.8) is 0 Å². The fourth-order valence-electron chi connectivity index (χ4n) is 12.4. The van der Waals surface area contributed by atoms with E-state index in [9.17, 15) is 28.8 Å². The summed E-state index contributed by atoms with van der Waals surface area (Å²) in [4.78, 5) is 88.7. The summed E-state index contributed by atoms with van der Waals surface area (Å²) in [5.74, 6) is -5.21. The Morgan fingerprint density at radius 2 is 1.00 bits per heavy atom. The van der Waals surface area contributed by atoms with Gasteiger partial charge in [-0.3, -0.25) is 28.8 Å². The van der Waals surface area contributed by atoms with Crippen molar-refractivity contribution in [2.45, 2.75) is 127 Å². The molecule has 4 aliphatic heterocycles. The van der Waals surface area contributed by atoms with Crippen LogP contribution >= 0.6 is 0 Å². The average molecular weight is 1120 g/mol. The number of anilines is 2. The Hall–Kier alpha value is -5.60. The Balaban J connectivity index is 1.14. The molecular formula is C60H82F2N4O12Si. The topological polar surface area (TPSA) is 171 Å². The zero-order valence-corrected chi connectivity index (χ0v) is 48.8. The third kappa shape index (κ3) is 14.5. The fourth-order valence-corrected chi connectivity index (χ4v) is 14.4. The molecule has 4 saturated heterocycles. The molecule has 2 amide bonds. The summed E-state index contributed by atoms with van der Waals surface area (Å²) < 4.78 is 64.8. The first kappa shape index (κ1) is 61.0. The quantitative estimate of drug-likeness (QED) is 0.0625. The van der Waals surface area contributed by atoms with Crippen molar-refractivity contribution in [3.8, 4) is 0 Å². The molecule has 0 N–H and O–H groups in total. The number of halogens is 2. The minimum atomic E-state index is -1.43. The first-order chi connectivity index (χ1) is 37.7. The van der Waals surface area contributed by atoms with E-state index in [1.54, 1.807) is 37.9 Å². The standard InChI is InChI=1S/C60H82F2N4O12Si/c1-37(75-5)46(31-56(69)77-7)59(71)64-33-41(35-73-3)25-52(64)54(67)27-39-11-15-43(16-12-39)50-19-20-51(66(50)45-29-48(61)58(49(62)30-45)63-21-23-79(9,10)24-22-63)44-17-13-40(14-18-44)28-55(68)53-26-42(36-74-4)34-65(53)60(72)47(38(2)76-6)32-57(70)78-8/h11-18,29-30,37-38,41-42,46-47,50-53H,19-28,31-36H2,1-10H3/t37-,38-,41+,42+,46+,47+,50+,51+,52+,53+/m1/s1. The number of ether oxygens (including phenoxy) is 6. The molecule has 0 unspecified atom stereocenters. The van der Waals surface area contributed by atoms with Crippen LogP contribution in [-0.2, 0) is 70.0 Å². The van der Waals surface area contributed by atoms with Crippen molar-refractivity contribution in [2.75, 3.05) is 91.9 Å². The number of methoxy groups -OCH3 is 6. The van der Waals surface area contributed by atoms with E-state index in [1.807, 2.05) is 53.4 Å². The minimum absolute atomic E-state index is 0.00452. The van der Waals surface area contributed by atoms with Crippen molar-refractivity contribution in [1.82, 2.24) is 9.80 Å². The lowest BCUT2D eigenvalue weighted by atomic mass is 9.95. The van der Waals surface area contributed by atoms with E-state index in [-0.39, 0.29) is 78.7 Å². The number of carbonyl (C=O) groups excluding carboxylic acids is 6. The van der Waals surface area contributed by atoms with Crippen LogP contribution in [0.2, 0.25) is 25.2 Å². The van der Waals surface area contributed by atoms with Gasteiger partial charge in [0.05, 0.1) is 96.6 Å². The van der Waals surface area contributed by atoms with Crippen LogP contribution in [0.15, 0.2) is 60.7 Å². The third-order valence-electron chi connectivity index (χ3n) is 17.2. The van der Waals surface area contributed by atoms with Crippen LogP contribution in [0.1, 0.15) is 86.7 Å². The van der Waals surface area contributed by atoms with Gasteiger partial charge in [-0.2, -0.15) is 0 Å². The number of carbonyl (C=O) groups is 6. The normalized spacial score (nSPS) is 23.5. The summed E-state index contributed by atoms with van der Waals surface area (Å²) in [5.41, 5.74) is 3.64. The molecule has 4 aliphatic rings. The van der Waals surface area contributed by atoms with Gasteiger partial charge in [0.1, 0.15) is 5.69 Å². The monoisotopic (exact) mass is 1120 g/mol. The highest BCUT2D eigenvalue weighted by Gasteiger charge is 2.45. The maximum atomic E-state index is 16.6. The van der Waals surface area contributed by atoms with E-state index < -0.39 is 67.8 Å². The van der Waals surface area contributed by atoms with Gasteiger partial charge >= 0.3 is 11.9 Å². The molecule has 16 nitrogen and oxygen atoms in total. The molecule has 0 bridgehead atoms. The Morgan fingerprint density at radius 1 is 0.608 bits per heavy atom. The van der Waals surface area contributed by atoms with Crippen molar-refractivity contribution in [2.24, 2.45) is 23.7 Å². The predicted molar refractivity (Wildman–Crippen MR) is 297 cm³/mol. The molecule has 0 aliphatic carbocycles. The van der Waals surface area contributed by atoms with Gasteiger partial charge < -0.3 is 48.0 Å². The summed E-state index contributed by atoms with van der Waals surface area (Å²) >= 11 is 0. The van der Waals surface area contributed by atoms with Gasteiger partial charge in [-0.05, 0) is 86.0 Å². The Morgan fingerprint density at radius 3 is 1.35 bits per heavy atom. The number of likely N-dealkylation sites (tertiary alicyclic amines) is 2. The zero-order chi connectivity index (χ0) is 57.3. The van der Waals surface area contributed by atoms with Crippen LogP contribution in [-0.4, -0.2) is 160 Å². The molecule has 0 radical (unpaired) electrons. The first-order valence-corrected chi connectivity index (χ1v) is 31.2. The maximum absolute atomic E-state index is 16.6. The number of ketones is 2. The first-order valence-electron chi connectivity index (χ1n) is 27.8. The van der Waals surface area contributed by atoms with Crippen LogP contribution < -0.4 is 9.80 Å². The van der Waals surface area contributed by atoms with E-state index in [1.165, 1.54) is 40.6 Å². The van der Waals surface area contributed by atoms with Gasteiger partial charge in [-0.1, -0.05) is 61.6 Å². The number of nitrogens with zero attached hydrogens (tertiary/aromatic N) is 4. The van der Waals surface area contributed by atoms with E-state index in [0.717, 1.165) is 34.3 Å². The number of esters is 2. The summed E-state index contributed by atoms with van der Waals surface area (Å²) in [6, 6.07) is 18.1. The zero-order valence-electron chi connectivity index (χ0n) is 47.8. The smallest absolute Gasteiger partial charge is 0.306 e. The number of hydrogen-bond donors (Lipinski definition) is 0. The molecule has 0 saturated carbocycles. The van der Waals surface area contributed by atoms with Gasteiger partial charge in [0, 0.05) is 85.0 Å². The molecule has 7 rings (SSSR count). The molecule has 0 aromatic heterocycles. The molecular weight excluding hydrogens is 1030 g/mol. The largest absolute Gasteiger partial charge is 0.469 e. The van der Waals surface area contributed by atoms with Crippen LogP contribution in [0.4, 0.5) is 20.2 Å². The van der Waals surface area contributed by atoms with Crippen LogP contribution in [0.5, 0.6) is 0 Å². The SMILES string of the molecule is COC[C@H]1C[C@@H](C(=O)Cc2ccc([C@@H]3CC[C@@H](c4ccc(CC(=O)[C@@H]5C[C@H](COC)CN5C(=O)[C@@H](CC(=O)OC)[C@@H](C)OC)cc4)N3c3cc(F)c(N4CC[Si](C)(C)CC4)c(F)c3)cc2)N(C(=O)[C@@H](CC(=O)OC)[C@@H](C)OC)C1. The van der Waals surface area contributed by atoms with Crippen LogP contribution in [0.3, 0.4) is 0 Å². The number of Topliss-reactive ketones (excluding diaryl/α,β-unsaturated/α-hetero) is 2. The summed E-state index contributed by atoms with van der Waals surface area (Å²) in [5, 5.41) is 0. The van der Waals surface area contributed by atoms with Crippen molar-refractivity contribution in [3.05, 3.63) is 94.6 Å². The summed E-state index contributed by atoms with van der Waals surface area (Å²) in [6.07, 6.45) is 0.589. The van der Waals surface area contributed by atoms with E-state index in [2.05, 4.69) is 18.0 Å². The lowest BCUT2D eigenvalue weighted by molar-refractivity contribution is -0.152. The molecule has 432 valence electrons. The van der Waals surface area contributed by atoms with E-state index in [0.29, 0.717) is 70.8 Å². The second-order valence-electron chi connectivity index (χ2n) is 23.0. The Kier molecular flexibility index (Phi) is 21.0. The third-order valence-corrected chi connectivity index (χ3v) is 20.4. The van der Waals surface area contributed by atoms with Gasteiger partial charge in [-0.15, -0.1) is 0 Å². The summed E-state index contributed by atoms with van der Waals surface area (Å²) in [7, 11) is 7.20. The molecule has 4 heterocycles.